The van der Waals surface area contributed by atoms with Gasteiger partial charge in [0.1, 0.15) is 18.4 Å². The van der Waals surface area contributed by atoms with Crippen LogP contribution in [0.1, 0.15) is 25.8 Å². The highest BCUT2D eigenvalue weighted by Gasteiger charge is 2.32. The van der Waals surface area contributed by atoms with Crippen LogP contribution in [0.5, 0.6) is 0 Å². The van der Waals surface area contributed by atoms with Gasteiger partial charge in [-0.25, -0.2) is 12.8 Å². The summed E-state index contributed by atoms with van der Waals surface area (Å²) in [7, 11) is -4.01. The minimum absolute atomic E-state index is 0.0275. The van der Waals surface area contributed by atoms with Crippen LogP contribution in [0.15, 0.2) is 42.5 Å². The van der Waals surface area contributed by atoms with E-state index in [1.54, 1.807) is 32.0 Å². The predicted molar refractivity (Wildman–Crippen MR) is 128 cm³/mol. The van der Waals surface area contributed by atoms with Gasteiger partial charge < -0.3 is 10.2 Å². The number of para-hydroxylation sites is 1. The van der Waals surface area contributed by atoms with Crippen LogP contribution in [0.3, 0.4) is 0 Å². The van der Waals surface area contributed by atoms with Gasteiger partial charge in [-0.05, 0) is 43.2 Å². The Labute approximate surface area is 203 Å². The van der Waals surface area contributed by atoms with Gasteiger partial charge in [0.2, 0.25) is 21.8 Å². The van der Waals surface area contributed by atoms with Crippen LogP contribution in [-0.2, 0) is 26.2 Å². The highest BCUT2D eigenvalue weighted by atomic mass is 35.5. The number of sulfonamides is 1. The molecular weight excluding hydrogens is 492 g/mol. The SMILES string of the molecule is CCNC(=O)[C@H](CC)N(Cc1ccc(Cl)c(Cl)c1)C(=O)CN(c1ccccc1F)S(C)(=O)=O. The first-order valence-corrected chi connectivity index (χ1v) is 12.8. The van der Waals surface area contributed by atoms with E-state index in [2.05, 4.69) is 5.32 Å². The van der Waals surface area contributed by atoms with Crippen LogP contribution in [0.4, 0.5) is 10.1 Å². The molecule has 180 valence electrons. The summed E-state index contributed by atoms with van der Waals surface area (Å²) in [5.74, 6) is -1.85. The molecule has 2 rings (SSSR count). The number of amides is 2. The molecule has 0 bridgehead atoms. The average Bonchev–Trinajstić information content (AvgIpc) is 2.74. The number of halogens is 3. The van der Waals surface area contributed by atoms with Crippen LogP contribution in [0.25, 0.3) is 0 Å². The number of carbonyl (C=O) groups is 2. The maximum Gasteiger partial charge on any atom is 0.244 e. The molecule has 0 aliphatic heterocycles. The molecule has 7 nitrogen and oxygen atoms in total. The zero-order chi connectivity index (χ0) is 24.8. The summed E-state index contributed by atoms with van der Waals surface area (Å²) >= 11 is 12.1. The molecule has 0 fully saturated rings. The fourth-order valence-electron chi connectivity index (χ4n) is 3.29. The maximum atomic E-state index is 14.4. The minimum Gasteiger partial charge on any atom is -0.355 e. The third-order valence-corrected chi connectivity index (χ3v) is 6.74. The summed E-state index contributed by atoms with van der Waals surface area (Å²) in [6, 6.07) is 9.18. The van der Waals surface area contributed by atoms with Crippen molar-refractivity contribution in [3.8, 4) is 0 Å². The quantitative estimate of drug-likeness (QED) is 0.518. The lowest BCUT2D eigenvalue weighted by molar-refractivity contribution is -0.140. The van der Waals surface area contributed by atoms with Crippen LogP contribution < -0.4 is 9.62 Å². The van der Waals surface area contributed by atoms with E-state index in [0.717, 1.165) is 12.3 Å². The Morgan fingerprint density at radius 2 is 1.76 bits per heavy atom. The lowest BCUT2D eigenvalue weighted by Gasteiger charge is -2.32. The number of hydrogen-bond acceptors (Lipinski definition) is 4. The smallest absolute Gasteiger partial charge is 0.244 e. The topological polar surface area (TPSA) is 86.8 Å². The van der Waals surface area contributed by atoms with Crippen molar-refractivity contribution >= 4 is 50.7 Å². The zero-order valence-electron chi connectivity index (χ0n) is 18.5. The molecular formula is C22H26Cl2FN3O4S. The monoisotopic (exact) mass is 517 g/mol. The predicted octanol–water partition coefficient (Wildman–Crippen LogP) is 3.84. The van der Waals surface area contributed by atoms with Gasteiger partial charge in [0.15, 0.2) is 0 Å². The van der Waals surface area contributed by atoms with Gasteiger partial charge in [-0.2, -0.15) is 0 Å². The van der Waals surface area contributed by atoms with Gasteiger partial charge in [0.05, 0.1) is 22.0 Å². The van der Waals surface area contributed by atoms with Gasteiger partial charge in [0.25, 0.3) is 0 Å². The molecule has 1 N–H and O–H groups in total. The first-order chi connectivity index (χ1) is 15.5. The van der Waals surface area contributed by atoms with E-state index in [9.17, 15) is 22.4 Å². The summed E-state index contributed by atoms with van der Waals surface area (Å²) in [6.07, 6.45) is 1.16. The molecule has 0 spiro atoms. The van der Waals surface area contributed by atoms with E-state index in [-0.39, 0.29) is 29.6 Å². The second kappa shape index (κ2) is 11.7. The van der Waals surface area contributed by atoms with E-state index < -0.39 is 34.3 Å². The maximum absolute atomic E-state index is 14.4. The molecule has 0 heterocycles. The molecule has 1 atom stereocenters. The lowest BCUT2D eigenvalue weighted by Crippen LogP contribution is -2.52. The number of anilines is 1. The van der Waals surface area contributed by atoms with E-state index in [0.29, 0.717) is 21.4 Å². The van der Waals surface area contributed by atoms with Crippen molar-refractivity contribution in [1.29, 1.82) is 0 Å². The van der Waals surface area contributed by atoms with Crippen molar-refractivity contribution in [1.82, 2.24) is 10.2 Å². The molecule has 0 saturated heterocycles. The van der Waals surface area contributed by atoms with Gasteiger partial charge in [0, 0.05) is 13.1 Å². The van der Waals surface area contributed by atoms with E-state index >= 15 is 0 Å². The fourth-order valence-corrected chi connectivity index (χ4v) is 4.47. The average molecular weight is 518 g/mol. The van der Waals surface area contributed by atoms with Crippen LogP contribution in [-0.4, -0.2) is 50.5 Å². The Hall–Kier alpha value is -2.36. The standard InChI is InChI=1S/C22H26Cl2FN3O4S/c1-4-19(22(30)26-5-2)27(13-15-10-11-16(23)17(24)12-15)21(29)14-28(33(3,31)32)20-9-7-6-8-18(20)25/h6-12,19H,4-5,13-14H2,1-3H3,(H,26,30)/t19-/m0/s1. The summed E-state index contributed by atoms with van der Waals surface area (Å²) < 4.78 is 39.9. The fraction of sp³-hybridized carbons (Fsp3) is 0.364. The number of nitrogens with zero attached hydrogens (tertiary/aromatic N) is 2. The van der Waals surface area contributed by atoms with Crippen LogP contribution in [0.2, 0.25) is 10.0 Å². The number of benzene rings is 2. The second-order valence-electron chi connectivity index (χ2n) is 7.31. The summed E-state index contributed by atoms with van der Waals surface area (Å²) in [5, 5.41) is 3.30. The van der Waals surface area contributed by atoms with Gasteiger partial charge in [-0.15, -0.1) is 0 Å². The molecule has 33 heavy (non-hydrogen) atoms. The number of hydrogen-bond donors (Lipinski definition) is 1. The zero-order valence-corrected chi connectivity index (χ0v) is 20.8. The van der Waals surface area contributed by atoms with Crippen molar-refractivity contribution in [2.75, 3.05) is 23.7 Å². The number of nitrogens with one attached hydrogen (secondary N) is 1. The highest BCUT2D eigenvalue weighted by Crippen LogP contribution is 2.25. The summed E-state index contributed by atoms with van der Waals surface area (Å²) in [6.45, 7) is 3.13. The van der Waals surface area contributed by atoms with Crippen molar-refractivity contribution in [2.45, 2.75) is 32.9 Å². The third kappa shape index (κ3) is 7.06. The van der Waals surface area contributed by atoms with Crippen molar-refractivity contribution in [2.24, 2.45) is 0 Å². The first-order valence-electron chi connectivity index (χ1n) is 10.2. The molecule has 2 aromatic rings. The Kier molecular flexibility index (Phi) is 9.51. The van der Waals surface area contributed by atoms with E-state index in [4.69, 9.17) is 23.2 Å². The molecule has 0 aromatic heterocycles. The van der Waals surface area contributed by atoms with Gasteiger partial charge >= 0.3 is 0 Å². The molecule has 2 aromatic carbocycles. The molecule has 0 saturated carbocycles. The Balaban J connectivity index is 2.47. The largest absolute Gasteiger partial charge is 0.355 e. The second-order valence-corrected chi connectivity index (χ2v) is 10.0. The van der Waals surface area contributed by atoms with Crippen LogP contribution in [0, 0.1) is 5.82 Å². The third-order valence-electron chi connectivity index (χ3n) is 4.87. The van der Waals surface area contributed by atoms with Crippen molar-refractivity contribution in [3.05, 3.63) is 63.9 Å². The molecule has 2 amide bonds. The molecule has 0 unspecified atom stereocenters. The highest BCUT2D eigenvalue weighted by molar-refractivity contribution is 7.92. The van der Waals surface area contributed by atoms with Gasteiger partial charge in [-0.3, -0.25) is 13.9 Å². The summed E-state index contributed by atoms with van der Waals surface area (Å²) in [4.78, 5) is 27.4. The van der Waals surface area contributed by atoms with Gasteiger partial charge in [-0.1, -0.05) is 48.3 Å². The van der Waals surface area contributed by atoms with Crippen LogP contribution >= 0.6 is 23.2 Å². The lowest BCUT2D eigenvalue weighted by atomic mass is 10.1. The number of likely N-dealkylation sites (N-methyl/N-ethyl adjacent to an activating group) is 1. The first kappa shape index (κ1) is 26.9. The molecule has 11 heteroatoms. The Morgan fingerprint density at radius 1 is 1.09 bits per heavy atom. The minimum atomic E-state index is -4.01. The van der Waals surface area contributed by atoms with E-state index in [1.165, 1.54) is 23.1 Å². The number of carbonyl (C=O) groups excluding carboxylic acids is 2. The van der Waals surface area contributed by atoms with Crippen molar-refractivity contribution < 1.29 is 22.4 Å². The van der Waals surface area contributed by atoms with E-state index in [1.807, 2.05) is 0 Å². The number of rotatable bonds is 10. The Bertz CT molecular complexity index is 1110. The summed E-state index contributed by atoms with van der Waals surface area (Å²) in [5.41, 5.74) is 0.339. The molecule has 0 radical (unpaired) electrons. The molecule has 0 aliphatic rings. The Morgan fingerprint density at radius 3 is 2.30 bits per heavy atom. The normalized spacial score (nSPS) is 12.2. The van der Waals surface area contributed by atoms with Crippen molar-refractivity contribution in [3.63, 3.8) is 0 Å². The molecule has 0 aliphatic carbocycles.